The summed E-state index contributed by atoms with van der Waals surface area (Å²) in [7, 11) is 4.22. The fourth-order valence-electron chi connectivity index (χ4n) is 3.67. The Kier molecular flexibility index (Phi) is 5.84. The van der Waals surface area contributed by atoms with Gasteiger partial charge >= 0.3 is 0 Å². The number of nitrogens with zero attached hydrogens (tertiary/aromatic N) is 3. The summed E-state index contributed by atoms with van der Waals surface area (Å²) in [6, 6.07) is 9.01. The molecule has 0 bridgehead atoms. The third-order valence-electron chi connectivity index (χ3n) is 5.82. The zero-order chi connectivity index (χ0) is 21.4. The molecule has 1 aromatic carbocycles. The molecule has 0 saturated heterocycles. The van der Waals surface area contributed by atoms with Gasteiger partial charge in [-0.25, -0.2) is 4.98 Å². The summed E-state index contributed by atoms with van der Waals surface area (Å²) in [6.07, 6.45) is 3.15. The first kappa shape index (κ1) is 21.5. The molecule has 29 heavy (non-hydrogen) atoms. The third-order valence-corrected chi connectivity index (χ3v) is 5.82. The van der Waals surface area contributed by atoms with Crippen LogP contribution in [0.1, 0.15) is 58.2 Å². The maximum atomic E-state index is 5.63. The van der Waals surface area contributed by atoms with E-state index in [-0.39, 0.29) is 10.8 Å². The lowest BCUT2D eigenvalue weighted by Gasteiger charge is -2.28. The van der Waals surface area contributed by atoms with Crippen LogP contribution in [0.15, 0.2) is 30.5 Å². The maximum Gasteiger partial charge on any atom is 0.171 e. The number of aromatic nitrogens is 1. The molecule has 2 aliphatic rings. The lowest BCUT2D eigenvalue weighted by Crippen LogP contribution is -2.30. The van der Waals surface area contributed by atoms with Gasteiger partial charge in [0.2, 0.25) is 0 Å². The fraction of sp³-hybridized carbons (Fsp3) is 0.560. The van der Waals surface area contributed by atoms with Gasteiger partial charge in [0, 0.05) is 32.5 Å². The van der Waals surface area contributed by atoms with E-state index in [1.54, 1.807) is 0 Å². The molecule has 2 aliphatic heterocycles. The molecule has 0 radical (unpaired) electrons. The Balaban J connectivity index is 0.000000166. The highest BCUT2D eigenvalue weighted by Gasteiger charge is 2.21. The molecule has 158 valence electrons. The monoisotopic (exact) mass is 395 g/mol. The zero-order valence-electron chi connectivity index (χ0n) is 19.5. The topological polar surface area (TPSA) is 28.6 Å². The average Bonchev–Trinajstić information content (AvgIpc) is 3.01. The Morgan fingerprint density at radius 3 is 2.21 bits per heavy atom. The molecule has 3 heterocycles. The van der Waals surface area contributed by atoms with Crippen molar-refractivity contribution in [3.63, 3.8) is 0 Å². The van der Waals surface area contributed by atoms with Crippen LogP contribution >= 0.6 is 0 Å². The zero-order valence-corrected chi connectivity index (χ0v) is 19.5. The molecule has 0 atom stereocenters. The highest BCUT2D eigenvalue weighted by molar-refractivity contribution is 5.59. The lowest BCUT2D eigenvalue weighted by atomic mass is 9.86. The van der Waals surface area contributed by atoms with Gasteiger partial charge < -0.3 is 14.5 Å². The predicted octanol–water partition coefficient (Wildman–Crippen LogP) is 5.18. The molecule has 4 heteroatoms. The summed E-state index contributed by atoms with van der Waals surface area (Å²) in [6.45, 7) is 16.2. The fourth-order valence-corrected chi connectivity index (χ4v) is 3.67. The number of hydrogen-bond donors (Lipinski definition) is 0. The van der Waals surface area contributed by atoms with Gasteiger partial charge in [-0.3, -0.25) is 0 Å². The minimum Gasteiger partial charge on any atom is -0.488 e. The Bertz CT molecular complexity index is 861. The van der Waals surface area contributed by atoms with Gasteiger partial charge in [0.15, 0.2) is 11.6 Å². The molecule has 0 spiro atoms. The summed E-state index contributed by atoms with van der Waals surface area (Å²) in [5, 5.41) is 0. The number of pyridine rings is 1. The maximum absolute atomic E-state index is 5.63. The highest BCUT2D eigenvalue weighted by atomic mass is 16.5. The second-order valence-corrected chi connectivity index (χ2v) is 10.3. The van der Waals surface area contributed by atoms with E-state index in [0.717, 1.165) is 24.7 Å². The van der Waals surface area contributed by atoms with Crippen LogP contribution < -0.4 is 14.5 Å². The van der Waals surface area contributed by atoms with E-state index in [4.69, 9.17) is 4.74 Å². The summed E-state index contributed by atoms with van der Waals surface area (Å²) >= 11 is 0. The van der Waals surface area contributed by atoms with E-state index in [0.29, 0.717) is 0 Å². The standard InChI is InChI=1S/C13H19N.C12H18N2O/c1-13(2,3)11-5-6-12-10(9-11)7-8-14(12)4;1-12(2,3)9-7-10-11(13-8-9)14(4)5-6-15-10/h5-6,9H,7-8H2,1-4H3;7-8H,5-6H2,1-4H3. The van der Waals surface area contributed by atoms with Crippen LogP contribution in [0, 0.1) is 0 Å². The molecular weight excluding hydrogens is 358 g/mol. The molecule has 0 unspecified atom stereocenters. The van der Waals surface area contributed by atoms with Gasteiger partial charge in [0.1, 0.15) is 6.61 Å². The number of anilines is 2. The van der Waals surface area contributed by atoms with Gasteiger partial charge in [-0.2, -0.15) is 0 Å². The van der Waals surface area contributed by atoms with Gasteiger partial charge in [0.05, 0.1) is 6.54 Å². The van der Waals surface area contributed by atoms with Gasteiger partial charge in [0.25, 0.3) is 0 Å². The molecule has 0 saturated carbocycles. The lowest BCUT2D eigenvalue weighted by molar-refractivity contribution is 0.308. The van der Waals surface area contributed by atoms with E-state index in [9.17, 15) is 0 Å². The number of benzene rings is 1. The van der Waals surface area contributed by atoms with Gasteiger partial charge in [-0.15, -0.1) is 0 Å². The van der Waals surface area contributed by atoms with Crippen molar-refractivity contribution in [1.29, 1.82) is 0 Å². The van der Waals surface area contributed by atoms with E-state index in [1.165, 1.54) is 35.3 Å². The predicted molar refractivity (Wildman–Crippen MR) is 124 cm³/mol. The first-order valence-corrected chi connectivity index (χ1v) is 10.7. The van der Waals surface area contributed by atoms with Crippen molar-refractivity contribution in [2.75, 3.05) is 43.6 Å². The summed E-state index contributed by atoms with van der Waals surface area (Å²) in [5.74, 6) is 1.87. The third kappa shape index (κ3) is 4.85. The molecule has 4 rings (SSSR count). The summed E-state index contributed by atoms with van der Waals surface area (Å²) in [5.41, 5.74) is 6.00. The minimum absolute atomic E-state index is 0.126. The molecular formula is C25H37N3O. The molecule has 1 aromatic heterocycles. The average molecular weight is 396 g/mol. The van der Waals surface area contributed by atoms with Crippen LogP contribution in [-0.4, -0.2) is 38.8 Å². The number of hydrogen-bond acceptors (Lipinski definition) is 4. The second kappa shape index (κ2) is 7.89. The summed E-state index contributed by atoms with van der Waals surface area (Å²) in [4.78, 5) is 8.93. The number of fused-ring (bicyclic) bond motifs is 2. The Hall–Kier alpha value is -2.23. The van der Waals surface area contributed by atoms with Crippen molar-refractivity contribution in [2.24, 2.45) is 0 Å². The molecule has 4 nitrogen and oxygen atoms in total. The Labute approximate surface area is 176 Å². The Morgan fingerprint density at radius 1 is 0.862 bits per heavy atom. The quantitative estimate of drug-likeness (QED) is 0.614. The SMILES string of the molecule is CN1CCOc2cc(C(C)(C)C)cnc21.CN1CCc2cc(C(C)(C)C)ccc21. The van der Waals surface area contributed by atoms with Crippen molar-refractivity contribution in [1.82, 2.24) is 4.98 Å². The van der Waals surface area contributed by atoms with Crippen molar-refractivity contribution >= 4 is 11.5 Å². The van der Waals surface area contributed by atoms with Crippen molar-refractivity contribution in [3.05, 3.63) is 47.2 Å². The van der Waals surface area contributed by atoms with E-state index in [1.807, 2.05) is 13.2 Å². The Morgan fingerprint density at radius 2 is 1.55 bits per heavy atom. The number of ether oxygens (including phenoxy) is 1. The van der Waals surface area contributed by atoms with Crippen LogP contribution in [0.4, 0.5) is 11.5 Å². The van der Waals surface area contributed by atoms with Crippen molar-refractivity contribution in [2.45, 2.75) is 58.8 Å². The summed E-state index contributed by atoms with van der Waals surface area (Å²) < 4.78 is 5.63. The van der Waals surface area contributed by atoms with Gasteiger partial charge in [-0.05, 0) is 46.1 Å². The van der Waals surface area contributed by atoms with E-state index >= 15 is 0 Å². The van der Waals surface area contributed by atoms with Crippen LogP contribution in [0.3, 0.4) is 0 Å². The smallest absolute Gasteiger partial charge is 0.171 e. The largest absolute Gasteiger partial charge is 0.488 e. The molecule has 0 aliphatic carbocycles. The first-order chi connectivity index (χ1) is 13.5. The highest BCUT2D eigenvalue weighted by Crippen LogP contribution is 2.33. The molecule has 0 amide bonds. The van der Waals surface area contributed by atoms with Crippen molar-refractivity contribution in [3.8, 4) is 5.75 Å². The van der Waals surface area contributed by atoms with Crippen LogP contribution in [0.5, 0.6) is 5.75 Å². The normalized spacial score (nSPS) is 15.9. The van der Waals surface area contributed by atoms with Gasteiger partial charge in [-0.1, -0.05) is 53.7 Å². The molecule has 0 N–H and O–H groups in total. The minimum atomic E-state index is 0.126. The first-order valence-electron chi connectivity index (χ1n) is 10.7. The van der Waals surface area contributed by atoms with E-state index < -0.39 is 0 Å². The number of likely N-dealkylation sites (N-methyl/N-ethyl adjacent to an activating group) is 2. The van der Waals surface area contributed by atoms with Crippen LogP contribution in [-0.2, 0) is 17.3 Å². The molecule has 2 aromatic rings. The number of rotatable bonds is 0. The van der Waals surface area contributed by atoms with Crippen LogP contribution in [0.25, 0.3) is 0 Å². The van der Waals surface area contributed by atoms with E-state index in [2.05, 4.69) is 87.6 Å². The second-order valence-electron chi connectivity index (χ2n) is 10.3. The molecule has 0 fully saturated rings. The van der Waals surface area contributed by atoms with Crippen molar-refractivity contribution < 1.29 is 4.74 Å². The van der Waals surface area contributed by atoms with Crippen LogP contribution in [0.2, 0.25) is 0 Å².